The molecule has 0 radical (unpaired) electrons. The van der Waals surface area contributed by atoms with Crippen LogP contribution in [0.15, 0.2) is 66.0 Å². The van der Waals surface area contributed by atoms with E-state index in [-0.39, 0.29) is 18.0 Å². The summed E-state index contributed by atoms with van der Waals surface area (Å²) < 4.78 is 19.2. The van der Waals surface area contributed by atoms with Crippen molar-refractivity contribution < 1.29 is 19.0 Å². The Hall–Kier alpha value is -2.70. The predicted molar refractivity (Wildman–Crippen MR) is 120 cm³/mol. The zero-order valence-corrected chi connectivity index (χ0v) is 18.4. The molecule has 31 heavy (non-hydrogen) atoms. The first kappa shape index (κ1) is 21.5. The van der Waals surface area contributed by atoms with Gasteiger partial charge in [0.2, 0.25) is 0 Å². The Morgan fingerprint density at radius 2 is 1.74 bits per heavy atom. The molecule has 1 N–H and O–H groups in total. The second-order valence-electron chi connectivity index (χ2n) is 8.14. The van der Waals surface area contributed by atoms with Crippen molar-refractivity contribution in [1.29, 1.82) is 0 Å². The van der Waals surface area contributed by atoms with E-state index in [9.17, 15) is 14.3 Å². The zero-order chi connectivity index (χ0) is 22.0. The number of nitrogens with zero attached hydrogens (tertiary/aromatic N) is 1. The minimum atomic E-state index is -0.776. The lowest BCUT2D eigenvalue weighted by molar-refractivity contribution is -0.0794. The Balaban J connectivity index is 1.50. The highest BCUT2D eigenvalue weighted by molar-refractivity contribution is 7.10. The number of aliphatic hydroxyl groups excluding tert-OH is 1. The molecule has 2 aromatic carbocycles. The number of amides is 1. The molecule has 3 aromatic rings. The Kier molecular flexibility index (Phi) is 6.12. The van der Waals surface area contributed by atoms with E-state index >= 15 is 0 Å². The summed E-state index contributed by atoms with van der Waals surface area (Å²) in [6, 6.07) is 18.1. The quantitative estimate of drug-likeness (QED) is 0.503. The largest absolute Gasteiger partial charge is 0.437 e. The standard InChI is InChI=1S/C25H26FNO3S/c1-17(28)16-25(23-4-3-15-31-23)13-14-27(24(29)30-25)18(2)19-5-7-20(8-6-19)21-9-11-22(26)12-10-21/h3-12,15,17-18,28H,13-14,16H2,1-2H3/t17-,18+,25-/m1/s1. The fraction of sp³-hybridized carbons (Fsp3) is 0.320. The topological polar surface area (TPSA) is 49.8 Å². The number of hydrogen-bond donors (Lipinski definition) is 1. The van der Waals surface area contributed by atoms with Crippen molar-refractivity contribution in [3.05, 3.63) is 82.3 Å². The van der Waals surface area contributed by atoms with Crippen LogP contribution in [0.25, 0.3) is 11.1 Å². The van der Waals surface area contributed by atoms with Crippen molar-refractivity contribution in [2.45, 2.75) is 44.4 Å². The first-order valence-electron chi connectivity index (χ1n) is 10.5. The Morgan fingerprint density at radius 3 is 2.29 bits per heavy atom. The van der Waals surface area contributed by atoms with Gasteiger partial charge in [0.05, 0.1) is 12.1 Å². The summed E-state index contributed by atoms with van der Waals surface area (Å²) in [5, 5.41) is 12.0. The summed E-state index contributed by atoms with van der Waals surface area (Å²) in [5.41, 5.74) is 2.16. The molecule has 1 amide bonds. The van der Waals surface area contributed by atoms with Crippen LogP contribution in [-0.2, 0) is 10.3 Å². The average molecular weight is 440 g/mol. The highest BCUT2D eigenvalue weighted by Gasteiger charge is 2.44. The van der Waals surface area contributed by atoms with Crippen molar-refractivity contribution in [1.82, 2.24) is 4.90 Å². The summed E-state index contributed by atoms with van der Waals surface area (Å²) in [6.45, 7) is 4.26. The maximum Gasteiger partial charge on any atom is 0.411 e. The second-order valence-corrected chi connectivity index (χ2v) is 9.09. The van der Waals surface area contributed by atoms with E-state index < -0.39 is 11.7 Å². The number of ether oxygens (including phenoxy) is 1. The van der Waals surface area contributed by atoms with E-state index in [1.165, 1.54) is 12.1 Å². The molecule has 1 aliphatic rings. The highest BCUT2D eigenvalue weighted by Crippen LogP contribution is 2.42. The predicted octanol–water partition coefficient (Wildman–Crippen LogP) is 6.12. The van der Waals surface area contributed by atoms with Gasteiger partial charge in [-0.1, -0.05) is 42.5 Å². The van der Waals surface area contributed by atoms with Gasteiger partial charge in [0.1, 0.15) is 5.82 Å². The van der Waals surface area contributed by atoms with E-state index in [0.717, 1.165) is 21.6 Å². The van der Waals surface area contributed by atoms with Gasteiger partial charge in [-0.25, -0.2) is 9.18 Å². The smallest absolute Gasteiger partial charge is 0.411 e. The van der Waals surface area contributed by atoms with Crippen LogP contribution in [0.5, 0.6) is 0 Å². The molecule has 0 aliphatic carbocycles. The molecule has 4 nitrogen and oxygen atoms in total. The monoisotopic (exact) mass is 439 g/mol. The number of aliphatic hydroxyl groups is 1. The second kappa shape index (κ2) is 8.81. The fourth-order valence-corrected chi connectivity index (χ4v) is 5.13. The molecule has 3 atom stereocenters. The molecule has 2 heterocycles. The lowest BCUT2D eigenvalue weighted by atomic mass is 9.89. The molecule has 1 fully saturated rings. The molecule has 0 spiro atoms. The minimum absolute atomic E-state index is 0.150. The van der Waals surface area contributed by atoms with E-state index in [1.54, 1.807) is 35.3 Å². The van der Waals surface area contributed by atoms with Crippen molar-refractivity contribution in [2.75, 3.05) is 6.54 Å². The Labute approximate surface area is 185 Å². The first-order chi connectivity index (χ1) is 14.9. The third-order valence-electron chi connectivity index (χ3n) is 5.91. The third-order valence-corrected chi connectivity index (χ3v) is 6.96. The molecule has 1 aliphatic heterocycles. The number of thiophene rings is 1. The molecular weight excluding hydrogens is 413 g/mol. The molecule has 0 saturated carbocycles. The van der Waals surface area contributed by atoms with Crippen LogP contribution in [0, 0.1) is 5.82 Å². The third kappa shape index (κ3) is 4.50. The van der Waals surface area contributed by atoms with Gasteiger partial charge in [0.25, 0.3) is 0 Å². The van der Waals surface area contributed by atoms with Gasteiger partial charge in [-0.2, -0.15) is 0 Å². The number of carbonyl (C=O) groups excluding carboxylic acids is 1. The van der Waals surface area contributed by atoms with Gasteiger partial charge in [0.15, 0.2) is 5.60 Å². The van der Waals surface area contributed by atoms with Gasteiger partial charge in [-0.15, -0.1) is 11.3 Å². The number of halogens is 1. The normalized spacial score (nSPS) is 20.9. The van der Waals surface area contributed by atoms with Gasteiger partial charge in [-0.05, 0) is 54.1 Å². The molecular formula is C25H26FNO3S. The summed E-state index contributed by atoms with van der Waals surface area (Å²) in [4.78, 5) is 15.7. The van der Waals surface area contributed by atoms with Gasteiger partial charge >= 0.3 is 6.09 Å². The van der Waals surface area contributed by atoms with Gasteiger partial charge < -0.3 is 14.7 Å². The lowest BCUT2D eigenvalue weighted by Crippen LogP contribution is -2.49. The summed E-state index contributed by atoms with van der Waals surface area (Å²) >= 11 is 1.55. The molecule has 4 rings (SSSR count). The van der Waals surface area contributed by atoms with E-state index in [4.69, 9.17) is 4.74 Å². The minimum Gasteiger partial charge on any atom is -0.437 e. The van der Waals surface area contributed by atoms with Crippen LogP contribution in [-0.4, -0.2) is 28.7 Å². The van der Waals surface area contributed by atoms with Crippen LogP contribution in [0.2, 0.25) is 0 Å². The highest BCUT2D eigenvalue weighted by atomic mass is 32.1. The molecule has 1 aromatic heterocycles. The number of carbonyl (C=O) groups is 1. The number of rotatable bonds is 6. The van der Waals surface area contributed by atoms with E-state index in [2.05, 4.69) is 0 Å². The van der Waals surface area contributed by atoms with Crippen LogP contribution in [0.3, 0.4) is 0 Å². The average Bonchev–Trinajstić information content (AvgIpc) is 3.29. The molecule has 0 unspecified atom stereocenters. The fourth-order valence-electron chi connectivity index (χ4n) is 4.23. The molecule has 162 valence electrons. The summed E-state index contributed by atoms with van der Waals surface area (Å²) in [7, 11) is 0. The van der Waals surface area contributed by atoms with Gasteiger partial charge in [0, 0.05) is 24.3 Å². The van der Waals surface area contributed by atoms with E-state index in [0.29, 0.717) is 19.4 Å². The maximum atomic E-state index is 13.2. The Bertz CT molecular complexity index is 1020. The van der Waals surface area contributed by atoms with Crippen LogP contribution >= 0.6 is 11.3 Å². The van der Waals surface area contributed by atoms with Crippen LogP contribution in [0.4, 0.5) is 9.18 Å². The SMILES string of the molecule is C[C@@H](O)C[C@@]1(c2cccs2)CCN([C@@H](C)c2ccc(-c3ccc(F)cc3)cc2)C(=O)O1. The Morgan fingerprint density at radius 1 is 1.10 bits per heavy atom. The summed E-state index contributed by atoms with van der Waals surface area (Å²) in [5.74, 6) is -0.258. The van der Waals surface area contributed by atoms with Crippen molar-refractivity contribution in [3.63, 3.8) is 0 Å². The molecule has 6 heteroatoms. The van der Waals surface area contributed by atoms with Crippen molar-refractivity contribution in [2.24, 2.45) is 0 Å². The summed E-state index contributed by atoms with van der Waals surface area (Å²) in [6.07, 6.45) is 0.0732. The zero-order valence-electron chi connectivity index (χ0n) is 17.6. The van der Waals surface area contributed by atoms with Gasteiger partial charge in [-0.3, -0.25) is 0 Å². The van der Waals surface area contributed by atoms with Crippen molar-refractivity contribution >= 4 is 17.4 Å². The van der Waals surface area contributed by atoms with Crippen LogP contribution < -0.4 is 0 Å². The molecule has 0 bridgehead atoms. The number of benzene rings is 2. The van der Waals surface area contributed by atoms with Crippen LogP contribution in [0.1, 0.15) is 43.2 Å². The maximum absolute atomic E-state index is 13.2. The van der Waals surface area contributed by atoms with Crippen molar-refractivity contribution in [3.8, 4) is 11.1 Å². The number of cyclic esters (lactones) is 1. The van der Waals surface area contributed by atoms with E-state index in [1.807, 2.05) is 48.7 Å². The lowest BCUT2D eigenvalue weighted by Gasteiger charge is -2.43. The first-order valence-corrected chi connectivity index (χ1v) is 11.3. The number of hydrogen-bond acceptors (Lipinski definition) is 4. The molecule has 1 saturated heterocycles.